The number of nitrogens with two attached hydrogens (primary N) is 2. The third kappa shape index (κ3) is 2.98. The number of benzene rings is 1. The Hall–Kier alpha value is -2.09. The molecule has 0 atom stereocenters. The summed E-state index contributed by atoms with van der Waals surface area (Å²) >= 11 is 0. The van der Waals surface area contributed by atoms with Crippen molar-refractivity contribution in [3.63, 3.8) is 0 Å². The van der Waals surface area contributed by atoms with Crippen LogP contribution in [-0.2, 0) is 15.6 Å². The third-order valence-electron chi connectivity index (χ3n) is 2.08. The van der Waals surface area contributed by atoms with Crippen LogP contribution in [-0.4, -0.2) is 24.8 Å². The lowest BCUT2D eigenvalue weighted by Gasteiger charge is -1.99. The molecular weight excluding hydrogens is 256 g/mol. The number of nitrogens with zero attached hydrogens (tertiary/aromatic N) is 2. The number of hydrogen-bond donors (Lipinski definition) is 2. The van der Waals surface area contributed by atoms with Crippen molar-refractivity contribution in [2.75, 3.05) is 17.7 Å². The molecule has 0 bridgehead atoms. The fourth-order valence-electron chi connectivity index (χ4n) is 1.46. The topological polar surface area (TPSA) is 125 Å². The molecular formula is C10H12N4O3S. The summed E-state index contributed by atoms with van der Waals surface area (Å²) in [4.78, 5) is 3.98. The van der Waals surface area contributed by atoms with Crippen LogP contribution in [0.25, 0.3) is 11.5 Å². The lowest BCUT2D eigenvalue weighted by molar-refractivity contribution is 0.424. The highest BCUT2D eigenvalue weighted by Crippen LogP contribution is 2.23. The molecule has 7 nitrogen and oxygen atoms in total. The summed E-state index contributed by atoms with van der Waals surface area (Å²) in [5.74, 6) is 0.0232. The summed E-state index contributed by atoms with van der Waals surface area (Å²) in [6.07, 6.45) is 1.10. The van der Waals surface area contributed by atoms with E-state index in [0.717, 1.165) is 6.26 Å². The highest BCUT2D eigenvalue weighted by atomic mass is 32.2. The van der Waals surface area contributed by atoms with Gasteiger partial charge in [-0.05, 0) is 18.2 Å². The van der Waals surface area contributed by atoms with Crippen LogP contribution in [0.5, 0.6) is 0 Å². The van der Waals surface area contributed by atoms with Gasteiger partial charge in [-0.25, -0.2) is 8.42 Å². The summed E-state index contributed by atoms with van der Waals surface area (Å²) < 4.78 is 27.2. The largest absolute Gasteiger partial charge is 0.399 e. The van der Waals surface area contributed by atoms with Gasteiger partial charge in [0.25, 0.3) is 5.89 Å². The van der Waals surface area contributed by atoms with Gasteiger partial charge in [0.15, 0.2) is 15.7 Å². The lowest BCUT2D eigenvalue weighted by Crippen LogP contribution is -2.02. The molecule has 8 heteroatoms. The normalized spacial score (nSPS) is 11.6. The van der Waals surface area contributed by atoms with Gasteiger partial charge in [0.2, 0.25) is 0 Å². The van der Waals surface area contributed by atoms with Crippen molar-refractivity contribution in [3.05, 3.63) is 24.0 Å². The van der Waals surface area contributed by atoms with Gasteiger partial charge >= 0.3 is 0 Å². The van der Waals surface area contributed by atoms with Gasteiger partial charge in [-0.15, -0.1) is 0 Å². The van der Waals surface area contributed by atoms with Crippen LogP contribution in [0.15, 0.2) is 22.7 Å². The quantitative estimate of drug-likeness (QED) is 0.774. The van der Waals surface area contributed by atoms with Gasteiger partial charge < -0.3 is 16.0 Å². The van der Waals surface area contributed by atoms with E-state index in [0.29, 0.717) is 16.9 Å². The van der Waals surface area contributed by atoms with E-state index in [9.17, 15) is 8.42 Å². The molecule has 2 rings (SSSR count). The van der Waals surface area contributed by atoms with E-state index in [4.69, 9.17) is 16.0 Å². The first kappa shape index (κ1) is 12.4. The van der Waals surface area contributed by atoms with Crippen LogP contribution in [0, 0.1) is 0 Å². The van der Waals surface area contributed by atoms with Crippen molar-refractivity contribution < 1.29 is 12.9 Å². The van der Waals surface area contributed by atoms with Gasteiger partial charge in [-0.2, -0.15) is 4.98 Å². The maximum Gasteiger partial charge on any atom is 0.258 e. The maximum atomic E-state index is 11.1. The Kier molecular flexibility index (Phi) is 2.95. The molecule has 18 heavy (non-hydrogen) atoms. The predicted molar refractivity (Wildman–Crippen MR) is 67.1 cm³/mol. The zero-order valence-electron chi connectivity index (χ0n) is 9.62. The zero-order valence-corrected chi connectivity index (χ0v) is 10.4. The Labute approximate surface area is 104 Å². The van der Waals surface area contributed by atoms with E-state index in [2.05, 4.69) is 10.1 Å². The number of aromatic nitrogens is 2. The van der Waals surface area contributed by atoms with Crippen molar-refractivity contribution in [1.82, 2.24) is 10.1 Å². The molecule has 0 saturated carbocycles. The second kappa shape index (κ2) is 4.30. The minimum absolute atomic E-state index is 0.105. The monoisotopic (exact) mass is 268 g/mol. The summed E-state index contributed by atoms with van der Waals surface area (Å²) in [5, 5.41) is 3.59. The Bertz CT molecular complexity index is 658. The van der Waals surface area contributed by atoms with Crippen LogP contribution in [0.3, 0.4) is 0 Å². The van der Waals surface area contributed by atoms with Crippen LogP contribution in [0.4, 0.5) is 11.4 Å². The fraction of sp³-hybridized carbons (Fsp3) is 0.200. The molecule has 1 heterocycles. The molecule has 0 fully saturated rings. The second-order valence-corrected chi connectivity index (χ2v) is 6.11. The molecule has 0 aliphatic carbocycles. The molecule has 0 radical (unpaired) electrons. The highest BCUT2D eigenvalue weighted by Gasteiger charge is 2.13. The van der Waals surface area contributed by atoms with E-state index >= 15 is 0 Å². The first-order valence-electron chi connectivity index (χ1n) is 5.00. The van der Waals surface area contributed by atoms with Gasteiger partial charge in [-0.3, -0.25) is 0 Å². The number of nitrogen functional groups attached to an aromatic ring is 2. The molecule has 0 amide bonds. The van der Waals surface area contributed by atoms with E-state index in [-0.39, 0.29) is 17.5 Å². The molecule has 0 aliphatic rings. The van der Waals surface area contributed by atoms with E-state index in [1.165, 1.54) is 0 Å². The smallest absolute Gasteiger partial charge is 0.258 e. The Morgan fingerprint density at radius 3 is 2.39 bits per heavy atom. The predicted octanol–water partition coefficient (Wildman–Crippen LogP) is 0.446. The van der Waals surface area contributed by atoms with Gasteiger partial charge in [-0.1, -0.05) is 5.16 Å². The molecule has 96 valence electrons. The van der Waals surface area contributed by atoms with Crippen LogP contribution >= 0.6 is 0 Å². The van der Waals surface area contributed by atoms with Crippen molar-refractivity contribution >= 4 is 21.2 Å². The van der Waals surface area contributed by atoms with Gasteiger partial charge in [0.1, 0.15) is 5.75 Å². The highest BCUT2D eigenvalue weighted by molar-refractivity contribution is 7.89. The molecule has 0 unspecified atom stereocenters. The van der Waals surface area contributed by atoms with Crippen molar-refractivity contribution in [2.45, 2.75) is 5.75 Å². The first-order valence-corrected chi connectivity index (χ1v) is 7.06. The molecule has 1 aromatic carbocycles. The third-order valence-corrected chi connectivity index (χ3v) is 2.87. The number of anilines is 2. The number of rotatable bonds is 3. The zero-order chi connectivity index (χ0) is 13.3. The molecule has 4 N–H and O–H groups in total. The fourth-order valence-corrected chi connectivity index (χ4v) is 2.05. The Morgan fingerprint density at radius 1 is 1.22 bits per heavy atom. The lowest BCUT2D eigenvalue weighted by atomic mass is 10.2. The number of sulfone groups is 1. The van der Waals surface area contributed by atoms with E-state index < -0.39 is 9.84 Å². The van der Waals surface area contributed by atoms with Crippen LogP contribution in [0.1, 0.15) is 5.82 Å². The molecule has 0 saturated heterocycles. The SMILES string of the molecule is CS(=O)(=O)Cc1noc(-c2cc(N)cc(N)c2)n1. The second-order valence-electron chi connectivity index (χ2n) is 3.97. The molecule has 1 aromatic heterocycles. The molecule has 2 aromatic rings. The average molecular weight is 268 g/mol. The maximum absolute atomic E-state index is 11.1. The van der Waals surface area contributed by atoms with Crippen molar-refractivity contribution in [2.24, 2.45) is 0 Å². The Balaban J connectivity index is 2.35. The van der Waals surface area contributed by atoms with Gasteiger partial charge in [0, 0.05) is 23.2 Å². The summed E-state index contributed by atoms with van der Waals surface area (Å²) in [6, 6.07) is 4.83. The first-order chi connectivity index (χ1) is 8.33. The van der Waals surface area contributed by atoms with Crippen molar-refractivity contribution in [3.8, 4) is 11.5 Å². The van der Waals surface area contributed by atoms with Gasteiger partial charge in [0.05, 0.1) is 0 Å². The molecule has 0 aliphatic heterocycles. The standard InChI is InChI=1S/C10H12N4O3S/c1-18(15,16)5-9-13-10(17-14-9)6-2-7(11)4-8(12)3-6/h2-4H,5,11-12H2,1H3. The number of hydrogen-bond acceptors (Lipinski definition) is 7. The van der Waals surface area contributed by atoms with Crippen LogP contribution in [0.2, 0.25) is 0 Å². The summed E-state index contributed by atoms with van der Waals surface area (Å²) in [5.41, 5.74) is 12.8. The summed E-state index contributed by atoms with van der Waals surface area (Å²) in [7, 11) is -3.20. The van der Waals surface area contributed by atoms with E-state index in [1.54, 1.807) is 18.2 Å². The molecule has 0 spiro atoms. The van der Waals surface area contributed by atoms with Crippen molar-refractivity contribution in [1.29, 1.82) is 0 Å². The minimum atomic E-state index is -3.20. The Morgan fingerprint density at radius 2 is 1.83 bits per heavy atom. The average Bonchev–Trinajstić information content (AvgIpc) is 2.61. The van der Waals surface area contributed by atoms with E-state index in [1.807, 2.05) is 0 Å². The van der Waals surface area contributed by atoms with Crippen LogP contribution < -0.4 is 11.5 Å². The summed E-state index contributed by atoms with van der Waals surface area (Å²) in [6.45, 7) is 0. The minimum Gasteiger partial charge on any atom is -0.399 e.